The average Bonchev–Trinajstić information content (AvgIpc) is 3.16. The fraction of sp³-hybridized carbons (Fsp3) is 0.529. The molecule has 2 aliphatic carbocycles. The van der Waals surface area contributed by atoms with Gasteiger partial charge in [0, 0.05) is 75.9 Å². The second-order valence-corrected chi connectivity index (χ2v) is 27.1. The highest BCUT2D eigenvalue weighted by atomic mass is 32.2. The van der Waals surface area contributed by atoms with Crippen molar-refractivity contribution in [3.05, 3.63) is 119 Å². The van der Waals surface area contributed by atoms with Gasteiger partial charge in [-0.05, 0) is 142 Å². The van der Waals surface area contributed by atoms with Crippen molar-refractivity contribution >= 4 is 70.7 Å². The number of fused-ring (bicyclic) bond motifs is 2. The number of Topliss-reactive ketones (excluding diaryl/α,β-unsaturated/α-hetero) is 1. The van der Waals surface area contributed by atoms with E-state index < -0.39 is 42.2 Å². The molecule has 4 aromatic rings. The first-order valence-electron chi connectivity index (χ1n) is 31.7. The first-order chi connectivity index (χ1) is 41.7. The van der Waals surface area contributed by atoms with Crippen LogP contribution in [0.5, 0.6) is 0 Å². The smallest absolute Gasteiger partial charge is 0.251 e. The van der Waals surface area contributed by atoms with E-state index in [0.717, 1.165) is 121 Å². The molecular formula is C68H86N8O8S2. The van der Waals surface area contributed by atoms with Crippen molar-refractivity contribution in [2.45, 2.75) is 182 Å². The molecular weight excluding hydrogens is 1120 g/mol. The number of amides is 7. The molecule has 10 atom stereocenters. The lowest BCUT2D eigenvalue weighted by atomic mass is 9.76. The molecule has 6 N–H and O–H groups in total. The summed E-state index contributed by atoms with van der Waals surface area (Å²) in [5.41, 5.74) is 4.53. The van der Waals surface area contributed by atoms with Crippen molar-refractivity contribution in [1.29, 1.82) is 0 Å². The molecule has 4 heterocycles. The van der Waals surface area contributed by atoms with Gasteiger partial charge in [-0.3, -0.25) is 38.4 Å². The largest absolute Gasteiger partial charge is 0.347 e. The summed E-state index contributed by atoms with van der Waals surface area (Å²) in [6, 6.07) is 26.0. The van der Waals surface area contributed by atoms with Crippen LogP contribution >= 0.6 is 23.5 Å². The third-order valence-corrected chi connectivity index (χ3v) is 21.5. The summed E-state index contributed by atoms with van der Waals surface area (Å²) in [4.78, 5) is 120. The molecule has 0 bridgehead atoms. The number of hydrogen-bond acceptors (Lipinski definition) is 11. The van der Waals surface area contributed by atoms with Gasteiger partial charge >= 0.3 is 0 Å². The fourth-order valence-electron chi connectivity index (χ4n) is 13.8. The van der Waals surface area contributed by atoms with E-state index in [1.807, 2.05) is 81.4 Å². The zero-order valence-electron chi connectivity index (χ0n) is 50.3. The Labute approximate surface area is 515 Å². The van der Waals surface area contributed by atoms with Crippen molar-refractivity contribution in [1.82, 2.24) is 41.7 Å². The molecule has 86 heavy (non-hydrogen) atoms. The third-order valence-electron chi connectivity index (χ3n) is 19.2. The monoisotopic (exact) mass is 1210 g/mol. The number of likely N-dealkylation sites (tertiary alicyclic amines) is 2. The predicted molar refractivity (Wildman–Crippen MR) is 336 cm³/mol. The maximum Gasteiger partial charge on any atom is 0.251 e. The molecule has 6 aliphatic rings. The van der Waals surface area contributed by atoms with Gasteiger partial charge in [-0.15, -0.1) is 23.5 Å². The molecule has 7 amide bonds. The summed E-state index contributed by atoms with van der Waals surface area (Å²) in [5, 5.41) is 19.0. The second-order valence-electron chi connectivity index (χ2n) is 24.8. The highest BCUT2D eigenvalue weighted by molar-refractivity contribution is 7.99. The Morgan fingerprint density at radius 1 is 0.547 bits per heavy atom. The van der Waals surface area contributed by atoms with Crippen molar-refractivity contribution in [3.63, 3.8) is 0 Å². The highest BCUT2D eigenvalue weighted by Crippen LogP contribution is 2.40. The molecule has 4 fully saturated rings. The normalized spacial score (nSPS) is 23.8. The van der Waals surface area contributed by atoms with Gasteiger partial charge in [0.1, 0.15) is 23.9 Å². The number of ketones is 1. The van der Waals surface area contributed by atoms with Crippen molar-refractivity contribution in [3.8, 4) is 11.1 Å². The van der Waals surface area contributed by atoms with Gasteiger partial charge in [0.25, 0.3) is 11.8 Å². The Balaban J connectivity index is 0.808. The standard InChI is InChI=1S/C68H86N8O8S2/c1-5-41(2)62(78)74-61(46-18-10-7-11-19-46)68(84)76-40-50(37-57(76)66(82)73-55-33-35-86-60-23-15-13-21-52(55)60)71-64(80)48-30-26-44(27-31-48)43-24-28-47(29-25-43)63(79)70-49-36-56(65(81)72-54-32-34-85-59-22-14-12-20-51(54)59)75(39-49)67(83)53(38-58(77)42(3)69-4)45-16-8-6-9-17-45/h12-15,20-31,41-42,45-46,49-50,53-57,61,69H,5-11,16-19,32-40H2,1-4H3,(H,70,79)(H,71,80)(H,72,81)(H,73,82)(H,74,78)/t41-,42+,49+,50+,53+,54-,55-,56+,57+,61+/m1/s1. The van der Waals surface area contributed by atoms with Crippen molar-refractivity contribution in [2.75, 3.05) is 31.6 Å². The predicted octanol–water partition coefficient (Wildman–Crippen LogP) is 9.33. The summed E-state index contributed by atoms with van der Waals surface area (Å²) in [5.74, 6) is -1.11. The zero-order chi connectivity index (χ0) is 60.4. The molecule has 0 radical (unpaired) electrons. The number of benzene rings is 4. The Kier molecular flexibility index (Phi) is 21.1. The molecule has 4 aromatic carbocycles. The summed E-state index contributed by atoms with van der Waals surface area (Å²) in [7, 11) is 1.74. The summed E-state index contributed by atoms with van der Waals surface area (Å²) in [6.07, 6.45) is 12.0. The second kappa shape index (κ2) is 29.0. The Morgan fingerprint density at radius 3 is 1.47 bits per heavy atom. The summed E-state index contributed by atoms with van der Waals surface area (Å²) >= 11 is 3.53. The number of carbonyl (C=O) groups excluding carboxylic acids is 8. The van der Waals surface area contributed by atoms with E-state index in [2.05, 4.69) is 44.0 Å². The molecule has 0 unspecified atom stereocenters. The number of likely N-dealkylation sites (N-methyl/N-ethyl adjacent to an activating group) is 1. The molecule has 0 spiro atoms. The Hall–Kier alpha value is -6.50. The minimum Gasteiger partial charge on any atom is -0.347 e. The van der Waals surface area contributed by atoms with Gasteiger partial charge in [-0.25, -0.2) is 0 Å². The molecule has 16 nitrogen and oxygen atoms in total. The van der Waals surface area contributed by atoms with Crippen molar-refractivity contribution < 1.29 is 38.4 Å². The van der Waals surface area contributed by atoms with Gasteiger partial charge in [0.2, 0.25) is 29.5 Å². The van der Waals surface area contributed by atoms with Gasteiger partial charge < -0.3 is 41.7 Å². The number of nitrogens with one attached hydrogen (secondary N) is 6. The van der Waals surface area contributed by atoms with Crippen molar-refractivity contribution in [2.24, 2.45) is 23.7 Å². The molecule has 2 saturated carbocycles. The first kappa shape index (κ1) is 62.5. The molecule has 458 valence electrons. The number of carbonyl (C=O) groups is 8. The highest BCUT2D eigenvalue weighted by Gasteiger charge is 2.47. The Bertz CT molecular complexity index is 2890. The fourth-order valence-corrected chi connectivity index (χ4v) is 16.1. The number of hydrogen-bond donors (Lipinski definition) is 6. The first-order valence-corrected chi connectivity index (χ1v) is 33.6. The van der Waals surface area contributed by atoms with E-state index >= 15 is 0 Å². The number of thioether (sulfide) groups is 2. The molecule has 10 rings (SSSR count). The summed E-state index contributed by atoms with van der Waals surface area (Å²) in [6.45, 7) is 5.87. The quantitative estimate of drug-likeness (QED) is 0.0490. The summed E-state index contributed by atoms with van der Waals surface area (Å²) < 4.78 is 0. The van der Waals surface area contributed by atoms with Gasteiger partial charge in [0.05, 0.1) is 18.1 Å². The third kappa shape index (κ3) is 14.7. The lowest BCUT2D eigenvalue weighted by molar-refractivity contribution is -0.145. The van der Waals surface area contributed by atoms with Crippen LogP contribution in [0.25, 0.3) is 11.1 Å². The molecule has 4 aliphatic heterocycles. The van der Waals surface area contributed by atoms with Gasteiger partial charge in [0.15, 0.2) is 0 Å². The van der Waals surface area contributed by atoms with Crippen LogP contribution in [0.2, 0.25) is 0 Å². The molecule has 2 saturated heterocycles. The van der Waals surface area contributed by atoms with Crippen LogP contribution in [0.1, 0.15) is 167 Å². The van der Waals surface area contributed by atoms with E-state index in [1.165, 1.54) is 0 Å². The van der Waals surface area contributed by atoms with Crippen LogP contribution in [0.4, 0.5) is 0 Å². The maximum absolute atomic E-state index is 15.0. The van der Waals surface area contributed by atoms with E-state index in [4.69, 9.17) is 0 Å². The SMILES string of the molecule is CC[C@@H](C)C(=O)N[C@H](C(=O)N1C[C@@H](NC(=O)c2ccc(-c3ccc(C(=O)N[C@H]4C[C@@H](C(=O)N[C@@H]5CCSc6ccccc65)N(C(=O)[C@@H](CC(=O)[C@H](C)NC)C5CCCCC5)C4)cc3)cc2)C[C@H]1C(=O)N[C@@H]1CCSc2ccccc21)C1CCCCC1. The number of nitrogens with zero attached hydrogens (tertiary/aromatic N) is 2. The van der Waals surface area contributed by atoms with Gasteiger partial charge in [-0.2, -0.15) is 0 Å². The van der Waals surface area contributed by atoms with E-state index in [9.17, 15) is 38.4 Å². The van der Waals surface area contributed by atoms with E-state index in [-0.39, 0.29) is 109 Å². The molecule has 0 aromatic heterocycles. The molecule has 18 heteroatoms. The van der Waals surface area contributed by atoms with Crippen LogP contribution in [0.3, 0.4) is 0 Å². The average molecular weight is 1210 g/mol. The Morgan fingerprint density at radius 2 is 1.00 bits per heavy atom. The zero-order valence-corrected chi connectivity index (χ0v) is 51.9. The minimum atomic E-state index is -0.863. The van der Waals surface area contributed by atoms with E-state index in [0.29, 0.717) is 17.5 Å². The van der Waals surface area contributed by atoms with Crippen LogP contribution in [0.15, 0.2) is 107 Å². The van der Waals surface area contributed by atoms with Crippen LogP contribution in [-0.4, -0.2) is 125 Å². The van der Waals surface area contributed by atoms with Crippen LogP contribution in [-0.2, 0) is 28.8 Å². The maximum atomic E-state index is 15.0. The topological polar surface area (TPSA) is 215 Å². The lowest BCUT2D eigenvalue weighted by Gasteiger charge is -2.35. The lowest BCUT2D eigenvalue weighted by Crippen LogP contribution is -2.57. The number of rotatable bonds is 20. The van der Waals surface area contributed by atoms with Crippen LogP contribution in [0, 0.1) is 23.7 Å². The van der Waals surface area contributed by atoms with Crippen LogP contribution < -0.4 is 31.9 Å². The van der Waals surface area contributed by atoms with E-state index in [1.54, 1.807) is 64.6 Å². The minimum absolute atomic E-state index is 0.0261. The van der Waals surface area contributed by atoms with Gasteiger partial charge in [-0.1, -0.05) is 113 Å².